The van der Waals surface area contributed by atoms with Crippen LogP contribution in [-0.4, -0.2) is 45.4 Å². The van der Waals surface area contributed by atoms with Crippen molar-refractivity contribution in [3.8, 4) is 11.5 Å². The number of aryl methyl sites for hydroxylation is 1. The molecule has 8 heteroatoms. The van der Waals surface area contributed by atoms with Crippen LogP contribution < -0.4 is 5.32 Å². The van der Waals surface area contributed by atoms with E-state index in [1.807, 2.05) is 24.3 Å². The molecule has 0 bridgehead atoms. The van der Waals surface area contributed by atoms with Crippen LogP contribution in [0.4, 0.5) is 4.79 Å². The Morgan fingerprint density at radius 2 is 2.12 bits per heavy atom. The maximum atomic E-state index is 12.3. The molecule has 1 aromatic heterocycles. The number of nitrogens with one attached hydrogen (secondary N) is 1. The first-order valence-electron chi connectivity index (χ1n) is 7.77. The number of benzene rings is 1. The summed E-state index contributed by atoms with van der Waals surface area (Å²) < 4.78 is 5.62. The molecular weight excluding hydrogens is 328 g/mol. The van der Waals surface area contributed by atoms with Gasteiger partial charge < -0.3 is 9.73 Å². The zero-order valence-electron chi connectivity index (χ0n) is 13.5. The standard InChI is InChI=1S/C16H18N4O3S/c1-3-11-4-6-12(7-5-11)13-18-19-16(23-13)24-10(2)14(21)20-9-8-17-15(20)22/h4-7,10H,3,8-9H2,1-2H3,(H,17,22). The molecule has 3 amide bonds. The summed E-state index contributed by atoms with van der Waals surface area (Å²) in [4.78, 5) is 25.0. The highest BCUT2D eigenvalue weighted by molar-refractivity contribution is 8.00. The van der Waals surface area contributed by atoms with E-state index in [4.69, 9.17) is 4.42 Å². The van der Waals surface area contributed by atoms with Gasteiger partial charge >= 0.3 is 6.03 Å². The minimum atomic E-state index is -0.482. The zero-order chi connectivity index (χ0) is 17.1. The van der Waals surface area contributed by atoms with E-state index < -0.39 is 5.25 Å². The second-order valence-electron chi connectivity index (χ2n) is 5.41. The number of amides is 3. The molecule has 0 radical (unpaired) electrons. The second kappa shape index (κ2) is 7.04. The molecule has 1 saturated heterocycles. The monoisotopic (exact) mass is 346 g/mol. The van der Waals surface area contributed by atoms with E-state index in [-0.39, 0.29) is 11.9 Å². The number of urea groups is 1. The Bertz CT molecular complexity index is 744. The molecule has 24 heavy (non-hydrogen) atoms. The van der Waals surface area contributed by atoms with Gasteiger partial charge in [0.1, 0.15) is 0 Å². The molecule has 1 fully saturated rings. The molecule has 0 aliphatic carbocycles. The summed E-state index contributed by atoms with van der Waals surface area (Å²) in [6.07, 6.45) is 0.967. The minimum absolute atomic E-state index is 0.262. The van der Waals surface area contributed by atoms with E-state index in [0.29, 0.717) is 24.2 Å². The predicted octanol–water partition coefficient (Wildman–Crippen LogP) is 2.33. The molecule has 1 aliphatic heterocycles. The molecule has 2 aromatic rings. The van der Waals surface area contributed by atoms with E-state index in [1.54, 1.807) is 6.92 Å². The van der Waals surface area contributed by atoms with Gasteiger partial charge in [-0.1, -0.05) is 30.8 Å². The molecule has 126 valence electrons. The van der Waals surface area contributed by atoms with Crippen molar-refractivity contribution in [2.24, 2.45) is 0 Å². The quantitative estimate of drug-likeness (QED) is 0.836. The van der Waals surface area contributed by atoms with Gasteiger partial charge in [-0.2, -0.15) is 0 Å². The summed E-state index contributed by atoms with van der Waals surface area (Å²) in [5.74, 6) is 0.153. The number of carbonyl (C=O) groups is 2. The Labute approximate surface area is 143 Å². The van der Waals surface area contributed by atoms with E-state index in [2.05, 4.69) is 22.4 Å². The lowest BCUT2D eigenvalue weighted by Crippen LogP contribution is -2.38. The smallest absolute Gasteiger partial charge is 0.324 e. The Morgan fingerprint density at radius 3 is 2.75 bits per heavy atom. The average Bonchev–Trinajstić information content (AvgIpc) is 3.23. The molecule has 0 spiro atoms. The van der Waals surface area contributed by atoms with Crippen LogP contribution in [0.2, 0.25) is 0 Å². The van der Waals surface area contributed by atoms with E-state index in [1.165, 1.54) is 10.5 Å². The molecule has 2 heterocycles. The first-order chi connectivity index (χ1) is 11.6. The summed E-state index contributed by atoms with van der Waals surface area (Å²) >= 11 is 1.15. The third-order valence-electron chi connectivity index (χ3n) is 3.76. The normalized spacial score (nSPS) is 15.4. The summed E-state index contributed by atoms with van der Waals surface area (Å²) in [5.41, 5.74) is 2.07. The Kier molecular flexibility index (Phi) is 4.84. The largest absolute Gasteiger partial charge is 0.411 e. The van der Waals surface area contributed by atoms with Gasteiger partial charge in [-0.15, -0.1) is 10.2 Å². The fourth-order valence-electron chi connectivity index (χ4n) is 2.36. The Balaban J connectivity index is 1.66. The Hall–Kier alpha value is -2.35. The van der Waals surface area contributed by atoms with Crippen LogP contribution >= 0.6 is 11.8 Å². The van der Waals surface area contributed by atoms with Crippen molar-refractivity contribution in [1.82, 2.24) is 20.4 Å². The second-order valence-corrected chi connectivity index (χ2v) is 6.70. The maximum Gasteiger partial charge on any atom is 0.324 e. The lowest BCUT2D eigenvalue weighted by molar-refractivity contribution is -0.126. The van der Waals surface area contributed by atoms with Gasteiger partial charge in [0.25, 0.3) is 5.22 Å². The highest BCUT2D eigenvalue weighted by Gasteiger charge is 2.31. The van der Waals surface area contributed by atoms with Gasteiger partial charge in [0.15, 0.2) is 0 Å². The van der Waals surface area contributed by atoms with Crippen molar-refractivity contribution in [3.63, 3.8) is 0 Å². The lowest BCUT2D eigenvalue weighted by atomic mass is 10.1. The fraction of sp³-hybridized carbons (Fsp3) is 0.375. The summed E-state index contributed by atoms with van der Waals surface area (Å²) in [5, 5.41) is 10.4. The van der Waals surface area contributed by atoms with Crippen LogP contribution in [-0.2, 0) is 11.2 Å². The van der Waals surface area contributed by atoms with Crippen LogP contribution in [0.25, 0.3) is 11.5 Å². The first kappa shape index (κ1) is 16.5. The first-order valence-corrected chi connectivity index (χ1v) is 8.65. The molecule has 3 rings (SSSR count). The fourth-order valence-corrected chi connectivity index (χ4v) is 3.11. The maximum absolute atomic E-state index is 12.3. The third kappa shape index (κ3) is 3.43. The van der Waals surface area contributed by atoms with Crippen LogP contribution in [0, 0.1) is 0 Å². The highest BCUT2D eigenvalue weighted by Crippen LogP contribution is 2.27. The molecule has 1 atom stereocenters. The minimum Gasteiger partial charge on any atom is -0.411 e. The predicted molar refractivity (Wildman–Crippen MR) is 89.5 cm³/mol. The van der Waals surface area contributed by atoms with Gasteiger partial charge in [0, 0.05) is 18.7 Å². The topological polar surface area (TPSA) is 88.3 Å². The van der Waals surface area contributed by atoms with Gasteiger partial charge in [0.2, 0.25) is 11.8 Å². The van der Waals surface area contributed by atoms with Gasteiger partial charge in [0.05, 0.1) is 5.25 Å². The van der Waals surface area contributed by atoms with Crippen molar-refractivity contribution in [2.45, 2.75) is 30.7 Å². The van der Waals surface area contributed by atoms with E-state index >= 15 is 0 Å². The summed E-state index contributed by atoms with van der Waals surface area (Å²) in [6, 6.07) is 7.55. The number of aromatic nitrogens is 2. The third-order valence-corrected chi connectivity index (χ3v) is 4.69. The SMILES string of the molecule is CCc1ccc(-c2nnc(SC(C)C(=O)N3CCNC3=O)o2)cc1. The number of carbonyl (C=O) groups excluding carboxylic acids is 2. The number of hydrogen-bond donors (Lipinski definition) is 1. The van der Waals surface area contributed by atoms with E-state index in [0.717, 1.165) is 23.7 Å². The summed E-state index contributed by atoms with van der Waals surface area (Å²) in [6.45, 7) is 4.69. The summed E-state index contributed by atoms with van der Waals surface area (Å²) in [7, 11) is 0. The zero-order valence-corrected chi connectivity index (χ0v) is 14.3. The molecule has 1 unspecified atom stereocenters. The Morgan fingerprint density at radius 1 is 1.38 bits per heavy atom. The van der Waals surface area contributed by atoms with Gasteiger partial charge in [-0.25, -0.2) is 4.79 Å². The molecule has 7 nitrogen and oxygen atoms in total. The number of imide groups is 1. The van der Waals surface area contributed by atoms with E-state index in [9.17, 15) is 9.59 Å². The molecule has 0 saturated carbocycles. The van der Waals surface area contributed by atoms with Crippen molar-refractivity contribution < 1.29 is 14.0 Å². The number of hydrogen-bond acceptors (Lipinski definition) is 6. The molecule has 1 aromatic carbocycles. The molecule has 1 N–H and O–H groups in total. The van der Waals surface area contributed by atoms with Crippen molar-refractivity contribution in [1.29, 1.82) is 0 Å². The lowest BCUT2D eigenvalue weighted by Gasteiger charge is -2.15. The van der Waals surface area contributed by atoms with Gasteiger partial charge in [-0.3, -0.25) is 9.69 Å². The average molecular weight is 346 g/mol. The number of thioether (sulfide) groups is 1. The van der Waals surface area contributed by atoms with Crippen molar-refractivity contribution in [2.75, 3.05) is 13.1 Å². The van der Waals surface area contributed by atoms with Crippen LogP contribution in [0.3, 0.4) is 0 Å². The molecular formula is C16H18N4O3S. The number of rotatable bonds is 5. The number of nitrogens with zero attached hydrogens (tertiary/aromatic N) is 3. The van der Waals surface area contributed by atoms with Gasteiger partial charge in [-0.05, 0) is 31.0 Å². The molecule has 1 aliphatic rings. The highest BCUT2D eigenvalue weighted by atomic mass is 32.2. The van der Waals surface area contributed by atoms with Crippen LogP contribution in [0.5, 0.6) is 0 Å². The van der Waals surface area contributed by atoms with Crippen molar-refractivity contribution >= 4 is 23.7 Å². The van der Waals surface area contributed by atoms with Crippen LogP contribution in [0.15, 0.2) is 33.9 Å². The van der Waals surface area contributed by atoms with Crippen LogP contribution in [0.1, 0.15) is 19.4 Å². The van der Waals surface area contributed by atoms with Crippen molar-refractivity contribution in [3.05, 3.63) is 29.8 Å².